The lowest BCUT2D eigenvalue weighted by Crippen LogP contribution is -2.58. The van der Waals surface area contributed by atoms with Crippen molar-refractivity contribution >= 4 is 16.9 Å². The number of benzene rings is 1. The van der Waals surface area contributed by atoms with E-state index < -0.39 is 37.1 Å². The zero-order valence-corrected chi connectivity index (χ0v) is 17.0. The predicted octanol–water partition coefficient (Wildman–Crippen LogP) is 1.42. The highest BCUT2D eigenvalue weighted by atomic mass is 32.2. The van der Waals surface area contributed by atoms with Gasteiger partial charge in [-0.2, -0.15) is 0 Å². The Balaban J connectivity index is 1.55. The number of hydrogen-bond donors (Lipinski definition) is 2. The van der Waals surface area contributed by atoms with Crippen molar-refractivity contribution in [3.63, 3.8) is 0 Å². The third-order valence-electron chi connectivity index (χ3n) is 4.71. The van der Waals surface area contributed by atoms with Crippen LogP contribution in [-0.4, -0.2) is 83.6 Å². The monoisotopic (exact) mass is 414 g/mol. The molecule has 2 aliphatic rings. The fraction of sp³-hybridized carbons (Fsp3) is 0.632. The summed E-state index contributed by atoms with van der Waals surface area (Å²) in [7, 11) is 3.76. The molecule has 1 aromatic rings. The first-order valence-electron chi connectivity index (χ1n) is 9.23. The van der Waals surface area contributed by atoms with Gasteiger partial charge in [0.2, 0.25) is 0 Å². The quantitative estimate of drug-likeness (QED) is 0.698. The molecule has 0 aromatic heterocycles. The van der Waals surface area contributed by atoms with Crippen LogP contribution in [0.2, 0.25) is 0 Å². The molecule has 3 rings (SSSR count). The zero-order valence-electron chi connectivity index (χ0n) is 16.2. The molecule has 9 heteroatoms. The molecular formula is C19H27FN2O5S. The van der Waals surface area contributed by atoms with Gasteiger partial charge < -0.3 is 29.3 Å². The average molecular weight is 414 g/mol. The molecule has 7 nitrogen and oxygen atoms in total. The van der Waals surface area contributed by atoms with Crippen LogP contribution in [0.25, 0.3) is 0 Å². The van der Waals surface area contributed by atoms with Gasteiger partial charge in [0.05, 0.1) is 12.7 Å². The van der Waals surface area contributed by atoms with Gasteiger partial charge in [-0.25, -0.2) is 4.39 Å². The Kier molecular flexibility index (Phi) is 7.16. The second-order valence-corrected chi connectivity index (χ2v) is 8.13. The number of rotatable bonds is 7. The van der Waals surface area contributed by atoms with E-state index in [1.165, 1.54) is 11.8 Å². The van der Waals surface area contributed by atoms with Gasteiger partial charge in [-0.3, -0.25) is 4.99 Å². The summed E-state index contributed by atoms with van der Waals surface area (Å²) in [5.41, 5.74) is 0.565. The van der Waals surface area contributed by atoms with E-state index in [0.29, 0.717) is 12.4 Å². The number of aliphatic hydroxyl groups is 2. The highest BCUT2D eigenvalue weighted by Crippen LogP contribution is 2.38. The molecule has 1 saturated heterocycles. The number of aliphatic hydroxyl groups excluding tert-OH is 2. The minimum Gasteiger partial charge on any atom is -0.491 e. The number of aliphatic imine (C=N–C) groups is 1. The van der Waals surface area contributed by atoms with Gasteiger partial charge in [0.1, 0.15) is 48.8 Å². The average Bonchev–Trinajstić information content (AvgIpc) is 3.13. The van der Waals surface area contributed by atoms with E-state index >= 15 is 0 Å². The molecule has 2 heterocycles. The molecule has 2 N–H and O–H groups in total. The van der Waals surface area contributed by atoms with Crippen LogP contribution in [0.3, 0.4) is 0 Å². The summed E-state index contributed by atoms with van der Waals surface area (Å²) in [5, 5.41) is 21.8. The van der Waals surface area contributed by atoms with Gasteiger partial charge in [0.15, 0.2) is 5.17 Å². The molecule has 1 fully saturated rings. The Morgan fingerprint density at radius 3 is 2.61 bits per heavy atom. The van der Waals surface area contributed by atoms with Gasteiger partial charge in [-0.05, 0) is 24.6 Å². The molecule has 1 aromatic carbocycles. The molecule has 0 aliphatic carbocycles. The molecule has 0 amide bonds. The summed E-state index contributed by atoms with van der Waals surface area (Å²) in [6, 6.07) is 6.71. The lowest BCUT2D eigenvalue weighted by atomic mass is 9.95. The first kappa shape index (κ1) is 21.3. The zero-order chi connectivity index (χ0) is 20.3. The smallest absolute Gasteiger partial charge is 0.161 e. The standard InChI is InChI=1S/C19H27FN2O5S/c1-11(26-10-12-4-6-13(7-5-12)25-9-8-20)17-16(24)15(23)14-18(27-17)28-19(21-14)22(2)3/h4-7,11,14-18,23-24H,8-10H2,1-3H3/t11-,14+,15+,16-,17+,18+/m0/s1. The fourth-order valence-electron chi connectivity index (χ4n) is 3.14. The molecule has 0 spiro atoms. The van der Waals surface area contributed by atoms with Crippen molar-refractivity contribution in [2.45, 2.75) is 49.4 Å². The Morgan fingerprint density at radius 2 is 1.96 bits per heavy atom. The van der Waals surface area contributed by atoms with E-state index in [4.69, 9.17) is 14.2 Å². The number of alkyl halides is 1. The van der Waals surface area contributed by atoms with Gasteiger partial charge in [0, 0.05) is 14.1 Å². The Labute approximate surface area is 168 Å². The van der Waals surface area contributed by atoms with Gasteiger partial charge >= 0.3 is 0 Å². The number of fused-ring (bicyclic) bond motifs is 1. The number of nitrogens with zero attached hydrogens (tertiary/aromatic N) is 2. The first-order valence-corrected chi connectivity index (χ1v) is 10.1. The third kappa shape index (κ3) is 4.77. The summed E-state index contributed by atoms with van der Waals surface area (Å²) in [5.74, 6) is 0.601. The van der Waals surface area contributed by atoms with Crippen LogP contribution in [-0.2, 0) is 16.1 Å². The molecule has 2 aliphatic heterocycles. The van der Waals surface area contributed by atoms with Gasteiger partial charge in [0.25, 0.3) is 0 Å². The van der Waals surface area contributed by atoms with Crippen molar-refractivity contribution in [2.75, 3.05) is 27.4 Å². The fourth-order valence-corrected chi connectivity index (χ4v) is 4.29. The lowest BCUT2D eigenvalue weighted by molar-refractivity contribution is -0.193. The van der Waals surface area contributed by atoms with Crippen LogP contribution in [0.4, 0.5) is 4.39 Å². The van der Waals surface area contributed by atoms with E-state index in [0.717, 1.165) is 10.7 Å². The van der Waals surface area contributed by atoms with E-state index in [1.54, 1.807) is 12.1 Å². The molecule has 0 unspecified atom stereocenters. The minimum absolute atomic E-state index is 0.0333. The number of thioether (sulfide) groups is 1. The third-order valence-corrected chi connectivity index (χ3v) is 6.02. The Morgan fingerprint density at radius 1 is 1.25 bits per heavy atom. The second-order valence-electron chi connectivity index (χ2n) is 7.06. The molecule has 6 atom stereocenters. The molecule has 0 radical (unpaired) electrons. The topological polar surface area (TPSA) is 83.8 Å². The van der Waals surface area contributed by atoms with Crippen LogP contribution in [0.5, 0.6) is 5.75 Å². The number of ether oxygens (including phenoxy) is 3. The highest BCUT2D eigenvalue weighted by molar-refractivity contribution is 8.14. The predicted molar refractivity (Wildman–Crippen MR) is 105 cm³/mol. The highest BCUT2D eigenvalue weighted by Gasteiger charge is 2.50. The molecule has 0 saturated carbocycles. The summed E-state index contributed by atoms with van der Waals surface area (Å²) in [4.78, 5) is 6.31. The van der Waals surface area contributed by atoms with E-state index in [1.807, 2.05) is 38.1 Å². The Hall–Kier alpha value is -1.39. The molecular weight excluding hydrogens is 387 g/mol. The van der Waals surface area contributed by atoms with Crippen LogP contribution in [0, 0.1) is 0 Å². The number of hydrogen-bond acceptors (Lipinski definition) is 8. The van der Waals surface area contributed by atoms with Crippen molar-refractivity contribution in [2.24, 2.45) is 4.99 Å². The van der Waals surface area contributed by atoms with Crippen LogP contribution >= 0.6 is 11.8 Å². The molecule has 0 bridgehead atoms. The largest absolute Gasteiger partial charge is 0.491 e. The molecule has 156 valence electrons. The van der Waals surface area contributed by atoms with Gasteiger partial charge in [-0.15, -0.1) is 0 Å². The van der Waals surface area contributed by atoms with E-state index in [2.05, 4.69) is 4.99 Å². The van der Waals surface area contributed by atoms with E-state index in [9.17, 15) is 14.6 Å². The van der Waals surface area contributed by atoms with E-state index in [-0.39, 0.29) is 12.0 Å². The summed E-state index contributed by atoms with van der Waals surface area (Å²) >= 11 is 1.44. The minimum atomic E-state index is -1.08. The van der Waals surface area contributed by atoms with Crippen LogP contribution < -0.4 is 4.74 Å². The maximum Gasteiger partial charge on any atom is 0.161 e. The van der Waals surface area contributed by atoms with Crippen LogP contribution in [0.1, 0.15) is 12.5 Å². The summed E-state index contributed by atoms with van der Waals surface area (Å²) in [6.07, 6.45) is -3.19. The number of amidine groups is 1. The normalized spacial score (nSPS) is 30.5. The lowest BCUT2D eigenvalue weighted by Gasteiger charge is -2.40. The van der Waals surface area contributed by atoms with Crippen molar-refractivity contribution < 1.29 is 28.8 Å². The SMILES string of the molecule is C[C@H](OCc1ccc(OCCF)cc1)[C@H]1O[C@@H]2SC(N(C)C)=N[C@@H]2[C@@H](O)[C@@H]1O. The maximum absolute atomic E-state index is 12.1. The first-order chi connectivity index (χ1) is 13.4. The summed E-state index contributed by atoms with van der Waals surface area (Å²) in [6.45, 7) is 1.63. The molecule has 28 heavy (non-hydrogen) atoms. The van der Waals surface area contributed by atoms with Crippen molar-refractivity contribution in [1.82, 2.24) is 4.90 Å². The van der Waals surface area contributed by atoms with Crippen molar-refractivity contribution in [1.29, 1.82) is 0 Å². The van der Waals surface area contributed by atoms with Crippen molar-refractivity contribution in [3.05, 3.63) is 29.8 Å². The van der Waals surface area contributed by atoms with Crippen molar-refractivity contribution in [3.8, 4) is 5.75 Å². The van der Waals surface area contributed by atoms with Gasteiger partial charge in [-0.1, -0.05) is 23.9 Å². The Bertz CT molecular complexity index is 675. The maximum atomic E-state index is 12.1. The number of halogens is 1. The summed E-state index contributed by atoms with van der Waals surface area (Å²) < 4.78 is 29.2. The second kappa shape index (κ2) is 9.41. The van der Waals surface area contributed by atoms with Crippen LogP contribution in [0.15, 0.2) is 29.3 Å².